The predicted molar refractivity (Wildman–Crippen MR) is 101 cm³/mol. The number of nitrogens with one attached hydrogen (secondary N) is 3. The maximum absolute atomic E-state index is 12.7. The number of carbonyl (C=O) groups excluding carboxylic acids is 3. The van der Waals surface area contributed by atoms with Gasteiger partial charge in [-0.25, -0.2) is 4.79 Å². The first-order valence-electron chi connectivity index (χ1n) is 8.99. The molecule has 0 aliphatic carbocycles. The van der Waals surface area contributed by atoms with Crippen LogP contribution in [0.25, 0.3) is 10.9 Å². The quantitative estimate of drug-likeness (QED) is 0.568. The van der Waals surface area contributed by atoms with Gasteiger partial charge in [-0.2, -0.15) is 0 Å². The number of urea groups is 1. The fourth-order valence-corrected chi connectivity index (χ4v) is 3.45. The van der Waals surface area contributed by atoms with E-state index in [1.54, 1.807) is 19.1 Å². The minimum absolute atomic E-state index is 0.327. The molecule has 3 N–H and O–H groups in total. The molecule has 1 aliphatic rings. The summed E-state index contributed by atoms with van der Waals surface area (Å²) in [5, 5.41) is 6.47. The zero-order valence-corrected chi connectivity index (χ0v) is 15.3. The number of aromatic nitrogens is 1. The molecule has 1 aromatic carbocycles. The van der Waals surface area contributed by atoms with Crippen LogP contribution in [0, 0.1) is 0 Å². The molecule has 1 fully saturated rings. The molecule has 144 valence electrons. The summed E-state index contributed by atoms with van der Waals surface area (Å²) in [7, 11) is 0. The van der Waals surface area contributed by atoms with Crippen molar-refractivity contribution in [3.8, 4) is 0 Å². The van der Waals surface area contributed by atoms with E-state index < -0.39 is 23.4 Å². The Morgan fingerprint density at radius 1 is 1.21 bits per heavy atom. The molecule has 0 saturated carbocycles. The van der Waals surface area contributed by atoms with Gasteiger partial charge in [-0.3, -0.25) is 14.5 Å². The average Bonchev–Trinajstić information content (AvgIpc) is 3.39. The Labute approximate surface area is 160 Å². The second-order valence-electron chi connectivity index (χ2n) is 6.88. The fraction of sp³-hybridized carbons (Fsp3) is 0.250. The maximum atomic E-state index is 12.7. The molecule has 28 heavy (non-hydrogen) atoms. The largest absolute Gasteiger partial charge is 0.466 e. The van der Waals surface area contributed by atoms with Gasteiger partial charge in [0.2, 0.25) is 5.91 Å². The number of nitrogens with zero attached hydrogens (tertiary/aromatic N) is 1. The summed E-state index contributed by atoms with van der Waals surface area (Å²) in [4.78, 5) is 41.2. The van der Waals surface area contributed by atoms with Crippen molar-refractivity contribution >= 4 is 28.7 Å². The summed E-state index contributed by atoms with van der Waals surface area (Å²) >= 11 is 0. The summed E-state index contributed by atoms with van der Waals surface area (Å²) in [5.41, 5.74) is 0.835. The monoisotopic (exact) mass is 380 g/mol. The van der Waals surface area contributed by atoms with E-state index in [0.29, 0.717) is 18.7 Å². The van der Waals surface area contributed by atoms with E-state index in [1.165, 1.54) is 6.26 Å². The number of rotatable bonds is 6. The molecule has 8 heteroatoms. The van der Waals surface area contributed by atoms with Crippen molar-refractivity contribution in [2.24, 2.45) is 0 Å². The molecule has 4 rings (SSSR count). The molecule has 1 atom stereocenters. The number of benzene rings is 1. The Morgan fingerprint density at radius 2 is 2.04 bits per heavy atom. The van der Waals surface area contributed by atoms with Gasteiger partial charge in [0.1, 0.15) is 12.3 Å². The highest BCUT2D eigenvalue weighted by Gasteiger charge is 2.51. The van der Waals surface area contributed by atoms with Gasteiger partial charge in [-0.15, -0.1) is 0 Å². The van der Waals surface area contributed by atoms with Crippen molar-refractivity contribution < 1.29 is 18.8 Å². The van der Waals surface area contributed by atoms with E-state index in [2.05, 4.69) is 15.6 Å². The van der Waals surface area contributed by atoms with Gasteiger partial charge in [-0.05, 0) is 37.1 Å². The summed E-state index contributed by atoms with van der Waals surface area (Å²) < 4.78 is 5.27. The number of fused-ring (bicyclic) bond motifs is 1. The molecule has 0 spiro atoms. The molecule has 0 radical (unpaired) electrons. The van der Waals surface area contributed by atoms with Crippen molar-refractivity contribution in [2.75, 3.05) is 13.1 Å². The van der Waals surface area contributed by atoms with E-state index in [9.17, 15) is 14.4 Å². The van der Waals surface area contributed by atoms with Crippen molar-refractivity contribution in [3.63, 3.8) is 0 Å². The molecule has 1 unspecified atom stereocenters. The lowest BCUT2D eigenvalue weighted by molar-refractivity contribution is -0.135. The van der Waals surface area contributed by atoms with Crippen LogP contribution in [0.4, 0.5) is 4.79 Å². The second-order valence-corrected chi connectivity index (χ2v) is 6.88. The van der Waals surface area contributed by atoms with E-state index in [1.807, 2.05) is 30.5 Å². The van der Waals surface area contributed by atoms with Gasteiger partial charge in [0, 0.05) is 23.6 Å². The van der Waals surface area contributed by atoms with Crippen LogP contribution in [0.5, 0.6) is 0 Å². The van der Waals surface area contributed by atoms with Crippen LogP contribution in [0.3, 0.4) is 0 Å². The zero-order valence-electron chi connectivity index (χ0n) is 15.3. The average molecular weight is 380 g/mol. The molecular formula is C20H20N4O4. The molecule has 1 aliphatic heterocycles. The first kappa shape index (κ1) is 17.8. The van der Waals surface area contributed by atoms with Crippen molar-refractivity contribution in [3.05, 3.63) is 60.2 Å². The van der Waals surface area contributed by atoms with Crippen molar-refractivity contribution in [2.45, 2.75) is 18.9 Å². The summed E-state index contributed by atoms with van der Waals surface area (Å²) in [6, 6.07) is 10.6. The Bertz CT molecular complexity index is 1040. The Balaban J connectivity index is 1.35. The van der Waals surface area contributed by atoms with Crippen LogP contribution in [0.2, 0.25) is 0 Å². The third kappa shape index (κ3) is 3.02. The van der Waals surface area contributed by atoms with Gasteiger partial charge < -0.3 is 20.0 Å². The van der Waals surface area contributed by atoms with Crippen LogP contribution in [-0.2, 0) is 21.5 Å². The SMILES string of the molecule is CC1(c2ccco2)NC(=O)N(CC(=O)NCCc2c[nH]c3ccccc23)C1=O. The van der Waals surface area contributed by atoms with Gasteiger partial charge in [0.25, 0.3) is 5.91 Å². The van der Waals surface area contributed by atoms with E-state index >= 15 is 0 Å². The Morgan fingerprint density at radius 3 is 2.82 bits per heavy atom. The minimum Gasteiger partial charge on any atom is -0.466 e. The normalized spacial score (nSPS) is 19.2. The minimum atomic E-state index is -1.30. The fourth-order valence-electron chi connectivity index (χ4n) is 3.45. The van der Waals surface area contributed by atoms with Gasteiger partial charge >= 0.3 is 6.03 Å². The topological polar surface area (TPSA) is 107 Å². The first-order valence-corrected chi connectivity index (χ1v) is 8.99. The smallest absolute Gasteiger partial charge is 0.325 e. The molecular weight excluding hydrogens is 360 g/mol. The number of carbonyl (C=O) groups is 3. The van der Waals surface area contributed by atoms with Crippen molar-refractivity contribution in [1.82, 2.24) is 20.5 Å². The Hall–Kier alpha value is -3.55. The highest BCUT2D eigenvalue weighted by Crippen LogP contribution is 2.28. The predicted octanol–water partition coefficient (Wildman–Crippen LogP) is 1.89. The lowest BCUT2D eigenvalue weighted by atomic mass is 9.99. The Kier molecular flexibility index (Phi) is 4.38. The van der Waals surface area contributed by atoms with Gasteiger partial charge in [0.05, 0.1) is 6.26 Å². The number of aromatic amines is 1. The number of hydrogen-bond acceptors (Lipinski definition) is 4. The highest BCUT2D eigenvalue weighted by atomic mass is 16.3. The molecule has 3 aromatic rings. The number of amides is 4. The van der Waals surface area contributed by atoms with Gasteiger partial charge in [0.15, 0.2) is 5.54 Å². The van der Waals surface area contributed by atoms with Crippen LogP contribution in [0.15, 0.2) is 53.3 Å². The molecule has 0 bridgehead atoms. The molecule has 4 amide bonds. The lowest BCUT2D eigenvalue weighted by Crippen LogP contribution is -2.43. The van der Waals surface area contributed by atoms with E-state index in [4.69, 9.17) is 4.42 Å². The van der Waals surface area contributed by atoms with E-state index in [-0.39, 0.29) is 6.54 Å². The lowest BCUT2D eigenvalue weighted by Gasteiger charge is -2.18. The van der Waals surface area contributed by atoms with Crippen molar-refractivity contribution in [1.29, 1.82) is 0 Å². The van der Waals surface area contributed by atoms with Crippen LogP contribution >= 0.6 is 0 Å². The van der Waals surface area contributed by atoms with Crippen LogP contribution in [0.1, 0.15) is 18.2 Å². The van der Waals surface area contributed by atoms with Crippen LogP contribution in [-0.4, -0.2) is 40.8 Å². The summed E-state index contributed by atoms with van der Waals surface area (Å²) in [6.45, 7) is 1.62. The summed E-state index contributed by atoms with van der Waals surface area (Å²) in [6.07, 6.45) is 3.99. The third-order valence-corrected chi connectivity index (χ3v) is 4.98. The third-order valence-electron chi connectivity index (χ3n) is 4.98. The summed E-state index contributed by atoms with van der Waals surface area (Å²) in [5.74, 6) is -0.584. The van der Waals surface area contributed by atoms with Gasteiger partial charge in [-0.1, -0.05) is 18.2 Å². The number of imide groups is 1. The zero-order chi connectivity index (χ0) is 19.7. The number of hydrogen-bond donors (Lipinski definition) is 3. The molecule has 2 aromatic heterocycles. The second kappa shape index (κ2) is 6.88. The number of furan rings is 1. The standard InChI is InChI=1S/C20H20N4O4/c1-20(16-7-4-10-28-16)18(26)24(19(27)23-20)12-17(25)21-9-8-13-11-22-15-6-3-2-5-14(13)15/h2-7,10-11,22H,8-9,12H2,1H3,(H,21,25)(H,23,27). The molecule has 3 heterocycles. The first-order chi connectivity index (χ1) is 13.5. The van der Waals surface area contributed by atoms with Crippen LogP contribution < -0.4 is 10.6 Å². The molecule has 1 saturated heterocycles. The maximum Gasteiger partial charge on any atom is 0.325 e. The molecule has 8 nitrogen and oxygen atoms in total. The highest BCUT2D eigenvalue weighted by molar-refractivity contribution is 6.08. The number of H-pyrrole nitrogens is 1. The van der Waals surface area contributed by atoms with E-state index in [0.717, 1.165) is 21.4 Å². The number of para-hydroxylation sites is 1.